The van der Waals surface area contributed by atoms with Crippen molar-refractivity contribution in [2.45, 2.75) is 23.3 Å². The van der Waals surface area contributed by atoms with Crippen molar-refractivity contribution in [1.82, 2.24) is 15.0 Å². The van der Waals surface area contributed by atoms with Crippen LogP contribution in [0.1, 0.15) is 6.92 Å². The van der Waals surface area contributed by atoms with Crippen LogP contribution in [-0.4, -0.2) is 27.2 Å². The molecule has 0 radical (unpaired) electrons. The number of benzene rings is 2. The van der Waals surface area contributed by atoms with Crippen LogP contribution in [-0.2, 0) is 4.79 Å². The molecule has 3 aromatic rings. The summed E-state index contributed by atoms with van der Waals surface area (Å²) in [6.07, 6.45) is -4.76. The van der Waals surface area contributed by atoms with E-state index in [1.54, 1.807) is 24.3 Å². The van der Waals surface area contributed by atoms with Crippen LogP contribution in [0, 0.1) is 0 Å². The summed E-state index contributed by atoms with van der Waals surface area (Å²) in [5.41, 5.74) is 1.09. The predicted octanol–water partition coefficient (Wildman–Crippen LogP) is 5.28. The average Bonchev–Trinajstić information content (AvgIpc) is 2.63. The number of alkyl halides is 3. The Morgan fingerprint density at radius 3 is 2.23 bits per heavy atom. The maximum atomic E-state index is 12.2. The first kappa shape index (κ1) is 21.7. The zero-order valence-corrected chi connectivity index (χ0v) is 16.8. The van der Waals surface area contributed by atoms with Crippen molar-refractivity contribution in [3.63, 3.8) is 0 Å². The molecule has 1 heterocycles. The molecule has 2 aromatic carbocycles. The number of hydrogen-bond acceptors (Lipinski definition) is 7. The third-order valence-corrected chi connectivity index (χ3v) is 4.36. The van der Waals surface area contributed by atoms with E-state index in [4.69, 9.17) is 11.6 Å². The van der Waals surface area contributed by atoms with E-state index in [0.29, 0.717) is 16.5 Å². The van der Waals surface area contributed by atoms with Gasteiger partial charge in [-0.1, -0.05) is 0 Å². The summed E-state index contributed by atoms with van der Waals surface area (Å²) in [7, 11) is 0. The number of carbonyl (C=O) groups is 1. The highest BCUT2D eigenvalue weighted by Crippen LogP contribution is 2.28. The lowest BCUT2D eigenvalue weighted by Gasteiger charge is -2.10. The molecule has 0 aliphatic rings. The molecule has 0 spiro atoms. The smallest absolute Gasteiger partial charge is 0.406 e. The molecule has 0 saturated carbocycles. The predicted molar refractivity (Wildman–Crippen MR) is 106 cm³/mol. The minimum absolute atomic E-state index is 0.0538. The number of hydrogen-bond donors (Lipinski definition) is 2. The second-order valence-corrected chi connectivity index (χ2v) is 7.09. The minimum Gasteiger partial charge on any atom is -0.406 e. The zero-order valence-electron chi connectivity index (χ0n) is 15.2. The van der Waals surface area contributed by atoms with Gasteiger partial charge < -0.3 is 15.4 Å². The number of aromatic nitrogens is 3. The third-order valence-electron chi connectivity index (χ3n) is 3.32. The van der Waals surface area contributed by atoms with Crippen molar-refractivity contribution < 1.29 is 22.7 Å². The van der Waals surface area contributed by atoms with Crippen molar-refractivity contribution in [2.75, 3.05) is 10.6 Å². The van der Waals surface area contributed by atoms with Crippen LogP contribution >= 0.6 is 23.4 Å². The lowest BCUT2D eigenvalue weighted by atomic mass is 10.3. The van der Waals surface area contributed by atoms with Crippen LogP contribution in [0.4, 0.5) is 30.5 Å². The van der Waals surface area contributed by atoms with E-state index in [1.807, 2.05) is 0 Å². The number of rotatable bonds is 6. The van der Waals surface area contributed by atoms with Gasteiger partial charge in [0, 0.05) is 23.2 Å². The van der Waals surface area contributed by atoms with E-state index in [1.165, 1.54) is 30.8 Å². The Bertz CT molecular complexity index is 1030. The number of ether oxygens (including phenoxy) is 1. The SMILES string of the molecule is CC(=O)Nc1ccc(Sc2nc(Cl)nc(Nc3ccc(OC(F)(F)F)cc3)n2)cc1. The molecular formula is C18H13ClF3N5O2S. The number of halogens is 4. The summed E-state index contributed by atoms with van der Waals surface area (Å²) in [6.45, 7) is 1.42. The molecule has 0 aliphatic carbocycles. The highest BCUT2D eigenvalue weighted by Gasteiger charge is 2.30. The summed E-state index contributed by atoms with van der Waals surface area (Å²) < 4.78 is 40.5. The fraction of sp³-hybridized carbons (Fsp3) is 0.111. The molecule has 12 heteroatoms. The van der Waals surface area contributed by atoms with E-state index in [9.17, 15) is 18.0 Å². The van der Waals surface area contributed by atoms with E-state index in [0.717, 1.165) is 17.0 Å². The Balaban J connectivity index is 1.70. The summed E-state index contributed by atoms with van der Waals surface area (Å²) in [5, 5.41) is 5.77. The zero-order chi connectivity index (χ0) is 21.7. The topological polar surface area (TPSA) is 89.0 Å². The van der Waals surface area contributed by atoms with Crippen LogP contribution in [0.3, 0.4) is 0 Å². The largest absolute Gasteiger partial charge is 0.573 e. The fourth-order valence-electron chi connectivity index (χ4n) is 2.22. The van der Waals surface area contributed by atoms with Gasteiger partial charge >= 0.3 is 6.36 Å². The lowest BCUT2D eigenvalue weighted by molar-refractivity contribution is -0.274. The van der Waals surface area contributed by atoms with Crippen LogP contribution < -0.4 is 15.4 Å². The van der Waals surface area contributed by atoms with Crippen LogP contribution in [0.15, 0.2) is 58.6 Å². The molecule has 0 bridgehead atoms. The third kappa shape index (κ3) is 6.78. The van der Waals surface area contributed by atoms with E-state index in [-0.39, 0.29) is 22.9 Å². The second kappa shape index (κ2) is 9.18. The standard InChI is InChI=1S/C18H13ClF3N5O2S/c1-10(28)23-11-4-8-14(9-5-11)30-17-26-15(19)25-16(27-17)24-12-2-6-13(7-3-12)29-18(20,21)22/h2-9H,1H3,(H,23,28)(H,24,25,26,27). The van der Waals surface area contributed by atoms with Crippen molar-refractivity contribution >= 4 is 46.6 Å². The Labute approximate surface area is 178 Å². The van der Waals surface area contributed by atoms with Crippen molar-refractivity contribution in [1.29, 1.82) is 0 Å². The summed E-state index contributed by atoms with van der Waals surface area (Å²) in [4.78, 5) is 24.1. The molecule has 30 heavy (non-hydrogen) atoms. The van der Waals surface area contributed by atoms with Crippen molar-refractivity contribution in [3.8, 4) is 5.75 Å². The van der Waals surface area contributed by atoms with Gasteiger partial charge in [0.1, 0.15) is 5.75 Å². The first-order valence-corrected chi connectivity index (χ1v) is 9.46. The molecule has 0 unspecified atom stereocenters. The van der Waals surface area contributed by atoms with Gasteiger partial charge in [0.25, 0.3) is 0 Å². The highest BCUT2D eigenvalue weighted by atomic mass is 35.5. The number of nitrogens with one attached hydrogen (secondary N) is 2. The average molecular weight is 456 g/mol. The number of carbonyl (C=O) groups excluding carboxylic acids is 1. The van der Waals surface area contributed by atoms with Crippen molar-refractivity contribution in [3.05, 3.63) is 53.8 Å². The molecule has 0 aliphatic heterocycles. The van der Waals surface area contributed by atoms with Gasteiger partial charge in [-0.15, -0.1) is 13.2 Å². The van der Waals surface area contributed by atoms with Gasteiger partial charge in [0.05, 0.1) is 0 Å². The first-order valence-electron chi connectivity index (χ1n) is 8.26. The summed E-state index contributed by atoms with van der Waals surface area (Å²) in [6, 6.07) is 12.1. The van der Waals surface area contributed by atoms with Gasteiger partial charge in [-0.25, -0.2) is 0 Å². The Kier molecular flexibility index (Phi) is 6.63. The molecule has 1 amide bonds. The highest BCUT2D eigenvalue weighted by molar-refractivity contribution is 7.99. The van der Waals surface area contributed by atoms with Gasteiger partial charge in [0.15, 0.2) is 5.16 Å². The van der Waals surface area contributed by atoms with Gasteiger partial charge in [-0.05, 0) is 71.9 Å². The Morgan fingerprint density at radius 1 is 1.00 bits per heavy atom. The van der Waals surface area contributed by atoms with E-state index < -0.39 is 6.36 Å². The number of amides is 1. The quantitative estimate of drug-likeness (QED) is 0.523. The van der Waals surface area contributed by atoms with Crippen LogP contribution in [0.2, 0.25) is 5.28 Å². The van der Waals surface area contributed by atoms with E-state index >= 15 is 0 Å². The minimum atomic E-state index is -4.76. The van der Waals surface area contributed by atoms with Gasteiger partial charge in [0.2, 0.25) is 17.1 Å². The Morgan fingerprint density at radius 2 is 1.63 bits per heavy atom. The lowest BCUT2D eigenvalue weighted by Crippen LogP contribution is -2.17. The normalized spacial score (nSPS) is 11.1. The molecule has 3 rings (SSSR count). The Hall–Kier alpha value is -3.05. The maximum Gasteiger partial charge on any atom is 0.573 e. The fourth-order valence-corrected chi connectivity index (χ4v) is 3.17. The molecular weight excluding hydrogens is 443 g/mol. The van der Waals surface area contributed by atoms with E-state index in [2.05, 4.69) is 30.3 Å². The first-order chi connectivity index (χ1) is 14.2. The molecule has 2 N–H and O–H groups in total. The number of anilines is 3. The molecule has 1 aromatic heterocycles. The second-order valence-electron chi connectivity index (χ2n) is 5.72. The monoisotopic (exact) mass is 455 g/mol. The molecule has 0 fully saturated rings. The molecule has 156 valence electrons. The maximum absolute atomic E-state index is 12.2. The van der Waals surface area contributed by atoms with Gasteiger partial charge in [-0.2, -0.15) is 15.0 Å². The summed E-state index contributed by atoms with van der Waals surface area (Å²) in [5.74, 6) is -0.397. The molecule has 0 atom stereocenters. The van der Waals surface area contributed by atoms with Crippen LogP contribution in [0.5, 0.6) is 5.75 Å². The number of nitrogens with zero attached hydrogens (tertiary/aromatic N) is 3. The summed E-state index contributed by atoms with van der Waals surface area (Å²) >= 11 is 7.17. The van der Waals surface area contributed by atoms with Gasteiger partial charge in [-0.3, -0.25) is 4.79 Å². The van der Waals surface area contributed by atoms with Crippen molar-refractivity contribution in [2.24, 2.45) is 0 Å². The van der Waals surface area contributed by atoms with Crippen LogP contribution in [0.25, 0.3) is 0 Å². The molecule has 7 nitrogen and oxygen atoms in total. The molecule has 0 saturated heterocycles.